The van der Waals surface area contributed by atoms with Gasteiger partial charge in [-0.2, -0.15) is 0 Å². The number of hydrogen-bond donors (Lipinski definition) is 2. The number of Topliss-reactive ketones (excluding diaryl/α,β-unsaturated/α-hetero) is 1. The number of nitrogens with one attached hydrogen (secondary N) is 2. The first kappa shape index (κ1) is 19.3. The zero-order valence-corrected chi connectivity index (χ0v) is 17.3. The van der Waals surface area contributed by atoms with Crippen LogP contribution in [0.4, 0.5) is 0 Å². The number of sulfonamides is 1. The maximum atomic E-state index is 13.0. The Labute approximate surface area is 152 Å². The highest BCUT2D eigenvalue weighted by Gasteiger charge is 2.65. The van der Waals surface area contributed by atoms with Crippen LogP contribution in [0.5, 0.6) is 0 Å². The molecule has 3 rings (SSSR count). The molecule has 2 N–H and O–H groups in total. The van der Waals surface area contributed by atoms with Gasteiger partial charge >= 0.3 is 0 Å². The summed E-state index contributed by atoms with van der Waals surface area (Å²) in [7, 11) is -3.51. The summed E-state index contributed by atoms with van der Waals surface area (Å²) in [5.41, 5.74) is -1.14. The fraction of sp³-hybridized carbons (Fsp3) is 0.947. The lowest BCUT2D eigenvalue weighted by Crippen LogP contribution is -2.62. The average Bonchev–Trinajstić information content (AvgIpc) is 2.67. The Kier molecular flexibility index (Phi) is 4.26. The highest BCUT2D eigenvalue weighted by Crippen LogP contribution is 2.64. The van der Waals surface area contributed by atoms with Crippen LogP contribution in [0.1, 0.15) is 73.6 Å². The molecule has 0 amide bonds. The first-order valence-corrected chi connectivity index (χ1v) is 11.2. The Bertz CT molecular complexity index is 665. The van der Waals surface area contributed by atoms with Crippen molar-refractivity contribution in [1.29, 1.82) is 0 Å². The summed E-state index contributed by atoms with van der Waals surface area (Å²) in [6, 6.07) is -0.0931. The molecule has 0 unspecified atom stereocenters. The van der Waals surface area contributed by atoms with Crippen molar-refractivity contribution in [2.75, 3.05) is 5.75 Å². The highest BCUT2D eigenvalue weighted by molar-refractivity contribution is 7.89. The summed E-state index contributed by atoms with van der Waals surface area (Å²) >= 11 is 0. The van der Waals surface area contributed by atoms with E-state index in [-0.39, 0.29) is 34.1 Å². The second kappa shape index (κ2) is 5.52. The van der Waals surface area contributed by atoms with Gasteiger partial charge in [0.05, 0.1) is 5.75 Å². The normalized spacial score (nSPS) is 36.7. The van der Waals surface area contributed by atoms with Crippen molar-refractivity contribution in [3.63, 3.8) is 0 Å². The van der Waals surface area contributed by atoms with Gasteiger partial charge in [-0.3, -0.25) is 4.79 Å². The van der Waals surface area contributed by atoms with Crippen molar-refractivity contribution in [3.05, 3.63) is 0 Å². The van der Waals surface area contributed by atoms with Crippen LogP contribution < -0.4 is 10.0 Å². The number of carbonyl (C=O) groups is 1. The predicted molar refractivity (Wildman–Crippen MR) is 99.8 cm³/mol. The number of fused-ring (bicyclic) bond motifs is 2. The minimum Gasteiger partial charge on any atom is -0.307 e. The van der Waals surface area contributed by atoms with Crippen LogP contribution in [0.25, 0.3) is 0 Å². The minimum atomic E-state index is -3.51. The monoisotopic (exact) mass is 370 g/mol. The van der Waals surface area contributed by atoms with E-state index in [1.807, 2.05) is 0 Å². The fourth-order valence-electron chi connectivity index (χ4n) is 6.13. The lowest BCUT2D eigenvalue weighted by molar-refractivity contribution is -0.128. The van der Waals surface area contributed by atoms with Gasteiger partial charge < -0.3 is 5.32 Å². The van der Waals surface area contributed by atoms with Crippen molar-refractivity contribution in [2.45, 2.75) is 90.8 Å². The van der Waals surface area contributed by atoms with Crippen LogP contribution >= 0.6 is 0 Å². The Hall–Kier alpha value is -0.460. The molecule has 2 saturated carbocycles. The Morgan fingerprint density at radius 1 is 1.08 bits per heavy atom. The summed E-state index contributed by atoms with van der Waals surface area (Å²) in [6.07, 6.45) is 3.75. The summed E-state index contributed by atoms with van der Waals surface area (Å²) in [5.74, 6) is 0.449. The second-order valence-corrected chi connectivity index (χ2v) is 12.3. The maximum Gasteiger partial charge on any atom is 0.212 e. The van der Waals surface area contributed by atoms with E-state index < -0.39 is 15.4 Å². The number of carbonyl (C=O) groups excluding carboxylic acids is 1. The molecule has 5 nitrogen and oxygen atoms in total. The van der Waals surface area contributed by atoms with E-state index in [0.29, 0.717) is 18.8 Å². The van der Waals surface area contributed by atoms with Gasteiger partial charge in [0.2, 0.25) is 10.0 Å². The van der Waals surface area contributed by atoms with E-state index in [4.69, 9.17) is 0 Å². The molecule has 0 aromatic rings. The molecule has 0 aromatic heterocycles. The molecule has 1 heterocycles. The second-order valence-electron chi connectivity index (χ2n) is 10.5. The average molecular weight is 371 g/mol. The molecule has 0 radical (unpaired) electrons. The molecule has 2 bridgehead atoms. The SMILES string of the molecule is CC1(C)CC(NS(=O)(=O)C[C@@]23CC[C@@H](CC2=O)C3(C)C)CC(C)(C)N1. The van der Waals surface area contributed by atoms with Gasteiger partial charge in [-0.1, -0.05) is 13.8 Å². The molecular formula is C19H34N2O3S. The summed E-state index contributed by atoms with van der Waals surface area (Å²) in [4.78, 5) is 12.6. The van der Waals surface area contributed by atoms with E-state index >= 15 is 0 Å². The van der Waals surface area contributed by atoms with Gasteiger partial charge in [-0.15, -0.1) is 0 Å². The third-order valence-electron chi connectivity index (χ3n) is 7.11. The van der Waals surface area contributed by atoms with Gasteiger partial charge in [0, 0.05) is 29.0 Å². The van der Waals surface area contributed by atoms with Crippen LogP contribution in [-0.4, -0.2) is 37.1 Å². The van der Waals surface area contributed by atoms with Gasteiger partial charge in [0.25, 0.3) is 0 Å². The molecule has 0 spiro atoms. The Balaban J connectivity index is 1.78. The quantitative estimate of drug-likeness (QED) is 0.798. The van der Waals surface area contributed by atoms with Gasteiger partial charge in [0.1, 0.15) is 5.78 Å². The first-order valence-electron chi connectivity index (χ1n) is 9.51. The smallest absolute Gasteiger partial charge is 0.212 e. The van der Waals surface area contributed by atoms with E-state index in [1.165, 1.54) is 0 Å². The molecule has 6 heteroatoms. The van der Waals surface area contributed by atoms with Crippen molar-refractivity contribution >= 4 is 15.8 Å². The lowest BCUT2D eigenvalue weighted by atomic mass is 9.70. The molecule has 25 heavy (non-hydrogen) atoms. The molecule has 1 saturated heterocycles. The van der Waals surface area contributed by atoms with E-state index in [1.54, 1.807) is 0 Å². The van der Waals surface area contributed by atoms with E-state index in [9.17, 15) is 13.2 Å². The van der Waals surface area contributed by atoms with E-state index in [0.717, 1.165) is 19.3 Å². The zero-order chi connectivity index (χ0) is 18.9. The van der Waals surface area contributed by atoms with Crippen molar-refractivity contribution in [1.82, 2.24) is 10.0 Å². The number of hydrogen-bond acceptors (Lipinski definition) is 4. The lowest BCUT2D eigenvalue weighted by Gasteiger charge is -2.46. The maximum absolute atomic E-state index is 13.0. The minimum absolute atomic E-state index is 0.0485. The summed E-state index contributed by atoms with van der Waals surface area (Å²) in [5, 5.41) is 3.58. The molecule has 144 valence electrons. The van der Waals surface area contributed by atoms with E-state index in [2.05, 4.69) is 51.6 Å². The fourth-order valence-corrected chi connectivity index (χ4v) is 8.22. The van der Waals surface area contributed by atoms with Crippen LogP contribution in [-0.2, 0) is 14.8 Å². The van der Waals surface area contributed by atoms with Crippen molar-refractivity contribution in [3.8, 4) is 0 Å². The highest BCUT2D eigenvalue weighted by atomic mass is 32.2. The molecule has 3 aliphatic rings. The van der Waals surface area contributed by atoms with Crippen LogP contribution in [0.15, 0.2) is 0 Å². The van der Waals surface area contributed by atoms with Gasteiger partial charge in [0.15, 0.2) is 0 Å². The molecule has 3 fully saturated rings. The number of rotatable bonds is 4. The first-order chi connectivity index (χ1) is 11.2. The van der Waals surface area contributed by atoms with Crippen molar-refractivity contribution in [2.24, 2.45) is 16.7 Å². The molecule has 2 atom stereocenters. The van der Waals surface area contributed by atoms with Crippen LogP contribution in [0.2, 0.25) is 0 Å². The zero-order valence-electron chi connectivity index (χ0n) is 16.5. The summed E-state index contributed by atoms with van der Waals surface area (Å²) in [6.45, 7) is 12.6. The number of ketones is 1. The Morgan fingerprint density at radius 2 is 1.64 bits per heavy atom. The number of piperidine rings is 1. The van der Waals surface area contributed by atoms with Crippen LogP contribution in [0.3, 0.4) is 0 Å². The summed E-state index contributed by atoms with van der Waals surface area (Å²) < 4.78 is 29.0. The molecule has 0 aromatic carbocycles. The third kappa shape index (κ3) is 3.30. The largest absolute Gasteiger partial charge is 0.307 e. The molecule has 1 aliphatic heterocycles. The van der Waals surface area contributed by atoms with Gasteiger partial charge in [-0.25, -0.2) is 13.1 Å². The van der Waals surface area contributed by atoms with Crippen LogP contribution in [0, 0.1) is 16.7 Å². The third-order valence-corrected chi connectivity index (χ3v) is 8.68. The molecular weight excluding hydrogens is 336 g/mol. The van der Waals surface area contributed by atoms with Crippen molar-refractivity contribution < 1.29 is 13.2 Å². The molecule has 2 aliphatic carbocycles. The van der Waals surface area contributed by atoms with Gasteiger partial charge in [-0.05, 0) is 64.7 Å². The predicted octanol–water partition coefficient (Wildman–Crippen LogP) is 2.61. The topological polar surface area (TPSA) is 75.3 Å². The Morgan fingerprint density at radius 3 is 2.08 bits per heavy atom. The standard InChI is InChI=1S/C19H34N2O3S/c1-16(2)10-14(11-17(3,4)21-16)20-25(23,24)12-19-8-7-13(9-15(19)22)18(19,5)6/h13-14,20-21H,7-12H2,1-6H3/t13-,19-/m0/s1.